The Kier molecular flexibility index (Phi) is 7.95. The van der Waals surface area contributed by atoms with Crippen LogP contribution in [-0.2, 0) is 9.47 Å². The second-order valence-corrected chi connectivity index (χ2v) is 13.1. The lowest BCUT2D eigenvalue weighted by molar-refractivity contribution is 0.0392. The van der Waals surface area contributed by atoms with Crippen LogP contribution in [0.3, 0.4) is 0 Å². The molecule has 3 heterocycles. The number of hydrogen-bond acceptors (Lipinski definition) is 3. The van der Waals surface area contributed by atoms with Gasteiger partial charge in [-0.2, -0.15) is 9.86 Å². The minimum Gasteiger partial charge on any atom is -0.379 e. The molecule has 3 aromatic rings. The molecule has 2 aliphatic rings. The van der Waals surface area contributed by atoms with Gasteiger partial charge in [-0.15, -0.1) is 0 Å². The van der Waals surface area contributed by atoms with Crippen molar-refractivity contribution >= 4 is 41.0 Å². The number of nitrogens with zero attached hydrogens (tertiary/aromatic N) is 4. The van der Waals surface area contributed by atoms with Gasteiger partial charge in [0.1, 0.15) is 7.21 Å². The molecule has 5 rings (SSSR count). The van der Waals surface area contributed by atoms with E-state index in [1.54, 1.807) is 0 Å². The Bertz CT molecular complexity index is 1280. The van der Waals surface area contributed by atoms with Gasteiger partial charge >= 0.3 is 0 Å². The summed E-state index contributed by atoms with van der Waals surface area (Å²) in [6, 6.07) is 16.8. The molecule has 0 spiro atoms. The van der Waals surface area contributed by atoms with Crippen LogP contribution in [0.4, 0.5) is 0 Å². The summed E-state index contributed by atoms with van der Waals surface area (Å²) >= 11 is 13.6. The normalized spacial score (nSPS) is 19.2. The second kappa shape index (κ2) is 11.0. The lowest BCUT2D eigenvalue weighted by atomic mass is 10.2. The number of ether oxygens (including phenoxy) is 2. The summed E-state index contributed by atoms with van der Waals surface area (Å²) in [6.45, 7) is 12.2. The zero-order valence-corrected chi connectivity index (χ0v) is 23.5. The van der Waals surface area contributed by atoms with Gasteiger partial charge in [-0.1, -0.05) is 40.9 Å². The van der Waals surface area contributed by atoms with Crippen LogP contribution in [0, 0.1) is 20.8 Å². The fraction of sp³-hybridized carbons (Fsp3) is 0.407. The lowest BCUT2D eigenvalue weighted by Gasteiger charge is -2.41. The van der Waals surface area contributed by atoms with Crippen molar-refractivity contribution in [3.05, 3.63) is 75.5 Å². The first-order valence-electron chi connectivity index (χ1n) is 12.4. The van der Waals surface area contributed by atoms with Gasteiger partial charge in [0.05, 0.1) is 31.5 Å². The first-order chi connectivity index (χ1) is 17.4. The second-order valence-electron chi connectivity index (χ2n) is 9.35. The van der Waals surface area contributed by atoms with E-state index in [2.05, 4.69) is 65.3 Å². The third-order valence-electron chi connectivity index (χ3n) is 6.92. The topological polar surface area (TPSA) is 42.2 Å². The Balaban J connectivity index is 1.82. The molecule has 36 heavy (non-hydrogen) atoms. The van der Waals surface area contributed by atoms with Crippen LogP contribution in [0.5, 0.6) is 0 Å². The number of rotatable bonds is 5. The van der Waals surface area contributed by atoms with E-state index in [0.29, 0.717) is 36.5 Å². The van der Waals surface area contributed by atoms with E-state index in [4.69, 9.17) is 37.5 Å². The van der Waals surface area contributed by atoms with Crippen LogP contribution in [0.25, 0.3) is 5.69 Å². The zero-order chi connectivity index (χ0) is 25.3. The molecule has 0 amide bonds. The van der Waals surface area contributed by atoms with Crippen molar-refractivity contribution in [2.75, 3.05) is 52.6 Å². The SMILES string of the molecule is Cc1ccc(-n2c(C)cc(P(=NN3CCOCC3)(c3cc(Cl)ccc3Cl)N3CCOCC3)c2C)cc1. The lowest BCUT2D eigenvalue weighted by Crippen LogP contribution is -2.42. The van der Waals surface area contributed by atoms with Crippen LogP contribution in [0.1, 0.15) is 17.0 Å². The summed E-state index contributed by atoms with van der Waals surface area (Å²) in [5, 5.41) is 5.74. The zero-order valence-electron chi connectivity index (χ0n) is 21.1. The highest BCUT2D eigenvalue weighted by Gasteiger charge is 2.39. The van der Waals surface area contributed by atoms with E-state index in [1.165, 1.54) is 22.3 Å². The molecule has 9 heteroatoms. The van der Waals surface area contributed by atoms with Gasteiger partial charge in [0.2, 0.25) is 0 Å². The molecule has 1 unspecified atom stereocenters. The Hall–Kier alpha value is -1.63. The van der Waals surface area contributed by atoms with Crippen molar-refractivity contribution in [3.63, 3.8) is 0 Å². The molecule has 2 aliphatic heterocycles. The van der Waals surface area contributed by atoms with E-state index in [1.807, 2.05) is 18.2 Å². The summed E-state index contributed by atoms with van der Waals surface area (Å²) in [5.41, 5.74) is 4.72. The van der Waals surface area contributed by atoms with Crippen LogP contribution in [0.15, 0.2) is 53.4 Å². The van der Waals surface area contributed by atoms with Gasteiger partial charge in [0.15, 0.2) is 0 Å². The van der Waals surface area contributed by atoms with Crippen molar-refractivity contribution in [2.45, 2.75) is 20.8 Å². The maximum Gasteiger partial charge on any atom is 0.113 e. The molecule has 2 aromatic carbocycles. The molecule has 0 radical (unpaired) electrons. The molecule has 2 saturated heterocycles. The number of hydrogen-bond donors (Lipinski definition) is 0. The number of morpholine rings is 2. The Morgan fingerprint density at radius 3 is 2.08 bits per heavy atom. The number of halogens is 2. The first kappa shape index (κ1) is 26.0. The molecule has 0 bridgehead atoms. The molecular weight excluding hydrogens is 514 g/mol. The monoisotopic (exact) mass is 546 g/mol. The fourth-order valence-corrected chi connectivity index (χ4v) is 9.93. The molecule has 6 nitrogen and oxygen atoms in total. The maximum atomic E-state index is 7.00. The predicted molar refractivity (Wildman–Crippen MR) is 150 cm³/mol. The van der Waals surface area contributed by atoms with E-state index in [0.717, 1.165) is 37.2 Å². The summed E-state index contributed by atoms with van der Waals surface area (Å²) < 4.78 is 16.3. The van der Waals surface area contributed by atoms with Crippen LogP contribution < -0.4 is 10.6 Å². The third kappa shape index (κ3) is 4.93. The van der Waals surface area contributed by atoms with Gasteiger partial charge in [-0.3, -0.25) is 4.67 Å². The minimum atomic E-state index is -2.57. The largest absolute Gasteiger partial charge is 0.379 e. The van der Waals surface area contributed by atoms with Crippen LogP contribution >= 0.6 is 30.4 Å². The summed E-state index contributed by atoms with van der Waals surface area (Å²) in [5.74, 6) is 0. The Morgan fingerprint density at radius 2 is 1.42 bits per heavy atom. The smallest absolute Gasteiger partial charge is 0.113 e. The van der Waals surface area contributed by atoms with Crippen molar-refractivity contribution in [3.8, 4) is 5.69 Å². The van der Waals surface area contributed by atoms with Gasteiger partial charge in [-0.25, -0.2) is 0 Å². The van der Waals surface area contributed by atoms with Crippen LogP contribution in [0.2, 0.25) is 10.0 Å². The third-order valence-corrected chi connectivity index (χ3v) is 11.5. The van der Waals surface area contributed by atoms with Crippen molar-refractivity contribution in [1.82, 2.24) is 14.2 Å². The van der Waals surface area contributed by atoms with E-state index >= 15 is 0 Å². The number of aromatic nitrogens is 1. The average molecular weight is 547 g/mol. The van der Waals surface area contributed by atoms with Crippen molar-refractivity contribution in [1.29, 1.82) is 0 Å². The molecule has 1 atom stereocenters. The van der Waals surface area contributed by atoms with Gasteiger partial charge in [0.25, 0.3) is 0 Å². The van der Waals surface area contributed by atoms with Gasteiger partial charge in [-0.05, 0) is 57.2 Å². The Labute approximate surface area is 223 Å². The molecular formula is C27H33Cl2N4O2P. The highest BCUT2D eigenvalue weighted by atomic mass is 35.5. The molecule has 2 fully saturated rings. The summed E-state index contributed by atoms with van der Waals surface area (Å²) in [6.07, 6.45) is 0. The van der Waals surface area contributed by atoms with E-state index < -0.39 is 7.21 Å². The average Bonchev–Trinajstić information content (AvgIpc) is 3.20. The molecule has 1 aromatic heterocycles. The molecule has 192 valence electrons. The van der Waals surface area contributed by atoms with E-state index in [-0.39, 0.29) is 0 Å². The van der Waals surface area contributed by atoms with Gasteiger partial charge < -0.3 is 14.0 Å². The quantitative estimate of drug-likeness (QED) is 0.404. The fourth-order valence-electron chi connectivity index (χ4n) is 5.13. The van der Waals surface area contributed by atoms with Crippen molar-refractivity contribution in [2.24, 2.45) is 4.85 Å². The first-order valence-corrected chi connectivity index (χ1v) is 14.9. The molecule has 0 saturated carbocycles. The Morgan fingerprint density at radius 1 is 0.778 bits per heavy atom. The molecule has 0 N–H and O–H groups in total. The number of benzene rings is 2. The van der Waals surface area contributed by atoms with Gasteiger partial charge in [0, 0.05) is 58.9 Å². The van der Waals surface area contributed by atoms with Crippen molar-refractivity contribution < 1.29 is 9.47 Å². The maximum absolute atomic E-state index is 7.00. The standard InChI is InChI=1S/C27H33Cl2N4O2P/c1-20-4-7-24(8-5-20)33-21(2)18-26(22(33)3)36(32-12-16-35-17-13-32,30-31-10-14-34-15-11-31)27-19-23(28)6-9-25(27)29/h4-9,18-19H,10-17H2,1-3H3. The van der Waals surface area contributed by atoms with E-state index in [9.17, 15) is 0 Å². The summed E-state index contributed by atoms with van der Waals surface area (Å²) in [7, 11) is -2.57. The number of aryl methyl sites for hydroxylation is 2. The molecule has 0 aliphatic carbocycles. The highest BCUT2D eigenvalue weighted by Crippen LogP contribution is 2.55. The highest BCUT2D eigenvalue weighted by molar-refractivity contribution is 7.79. The minimum absolute atomic E-state index is 0.662. The van der Waals surface area contributed by atoms with Crippen LogP contribution in [-0.4, -0.2) is 66.9 Å². The summed E-state index contributed by atoms with van der Waals surface area (Å²) in [4.78, 5) is 5.63. The predicted octanol–water partition coefficient (Wildman–Crippen LogP) is 5.36.